The molecule has 1 N–H and O–H groups in total. The van der Waals surface area contributed by atoms with Gasteiger partial charge in [0.1, 0.15) is 11.3 Å². The number of nitrogens with one attached hydrogen (secondary N) is 1. The van der Waals surface area contributed by atoms with Crippen LogP contribution in [0.4, 0.5) is 0 Å². The summed E-state index contributed by atoms with van der Waals surface area (Å²) < 4.78 is 16.6. The first-order valence-electron chi connectivity index (χ1n) is 6.29. The maximum absolute atomic E-state index is 5.72. The van der Waals surface area contributed by atoms with Crippen LogP contribution >= 0.6 is 0 Å². The van der Waals surface area contributed by atoms with Crippen molar-refractivity contribution in [2.45, 2.75) is 12.6 Å². The molecule has 2 heterocycles. The van der Waals surface area contributed by atoms with E-state index in [2.05, 4.69) is 17.4 Å². The maximum atomic E-state index is 5.72. The molecule has 3 rings (SSSR count). The van der Waals surface area contributed by atoms with Crippen LogP contribution in [0.2, 0.25) is 0 Å². The van der Waals surface area contributed by atoms with Gasteiger partial charge >= 0.3 is 0 Å². The van der Waals surface area contributed by atoms with E-state index in [4.69, 9.17) is 13.9 Å². The van der Waals surface area contributed by atoms with E-state index in [1.54, 1.807) is 0 Å². The number of hydrogen-bond donors (Lipinski definition) is 1. The molecule has 2 aromatic rings. The van der Waals surface area contributed by atoms with Gasteiger partial charge in [0.2, 0.25) is 0 Å². The summed E-state index contributed by atoms with van der Waals surface area (Å²) in [6, 6.07) is 10.1. The summed E-state index contributed by atoms with van der Waals surface area (Å²) in [5.41, 5.74) is 0.937. The zero-order chi connectivity index (χ0) is 12.2. The highest BCUT2D eigenvalue weighted by molar-refractivity contribution is 5.77. The topological polar surface area (TPSA) is 43.6 Å². The number of benzene rings is 1. The zero-order valence-corrected chi connectivity index (χ0v) is 10.2. The van der Waals surface area contributed by atoms with Crippen LogP contribution in [0.3, 0.4) is 0 Å². The van der Waals surface area contributed by atoms with Gasteiger partial charge in [-0.2, -0.15) is 0 Å². The fraction of sp³-hybridized carbons (Fsp3) is 0.429. The molecular formula is C14H17NO3. The fourth-order valence-electron chi connectivity index (χ4n) is 2.13. The van der Waals surface area contributed by atoms with Gasteiger partial charge < -0.3 is 19.2 Å². The van der Waals surface area contributed by atoms with Crippen LogP contribution in [0.5, 0.6) is 0 Å². The lowest BCUT2D eigenvalue weighted by Crippen LogP contribution is -2.37. The lowest BCUT2D eigenvalue weighted by Gasteiger charge is -2.22. The number of ether oxygens (including phenoxy) is 2. The van der Waals surface area contributed by atoms with Gasteiger partial charge in [0.25, 0.3) is 0 Å². The van der Waals surface area contributed by atoms with E-state index in [-0.39, 0.29) is 6.10 Å². The molecule has 4 nitrogen and oxygen atoms in total. The van der Waals surface area contributed by atoms with Gasteiger partial charge in [-0.25, -0.2) is 0 Å². The van der Waals surface area contributed by atoms with E-state index in [1.807, 2.05) is 18.2 Å². The summed E-state index contributed by atoms with van der Waals surface area (Å²) in [6.45, 7) is 3.58. The van der Waals surface area contributed by atoms with Gasteiger partial charge in [-0.15, -0.1) is 0 Å². The van der Waals surface area contributed by atoms with E-state index in [1.165, 1.54) is 0 Å². The van der Waals surface area contributed by atoms with Crippen molar-refractivity contribution in [2.75, 3.05) is 26.4 Å². The third-order valence-electron chi connectivity index (χ3n) is 3.03. The van der Waals surface area contributed by atoms with E-state index < -0.39 is 0 Å². The Labute approximate surface area is 106 Å². The van der Waals surface area contributed by atoms with Crippen LogP contribution in [0, 0.1) is 0 Å². The molecule has 0 radical (unpaired) electrons. The second-order valence-electron chi connectivity index (χ2n) is 4.45. The Hall–Kier alpha value is -1.36. The summed E-state index contributed by atoms with van der Waals surface area (Å²) in [6.07, 6.45) is 0.156. The highest BCUT2D eigenvalue weighted by atomic mass is 16.6. The molecule has 0 saturated carbocycles. The zero-order valence-electron chi connectivity index (χ0n) is 10.2. The Balaban J connectivity index is 1.53. The SMILES string of the molecule is c1ccc2oc(CNCC3COCCO3)cc2c1. The van der Waals surface area contributed by atoms with E-state index in [9.17, 15) is 0 Å². The normalized spacial score (nSPS) is 20.3. The number of hydrogen-bond acceptors (Lipinski definition) is 4. The summed E-state index contributed by atoms with van der Waals surface area (Å²) in [5.74, 6) is 0.952. The summed E-state index contributed by atoms with van der Waals surface area (Å²) >= 11 is 0. The Kier molecular flexibility index (Phi) is 3.59. The van der Waals surface area contributed by atoms with E-state index >= 15 is 0 Å². The number of furan rings is 1. The molecule has 1 aliphatic heterocycles. The first kappa shape index (κ1) is 11.7. The van der Waals surface area contributed by atoms with Gasteiger partial charge in [0.15, 0.2) is 0 Å². The summed E-state index contributed by atoms with van der Waals surface area (Å²) in [4.78, 5) is 0. The Morgan fingerprint density at radius 2 is 2.17 bits per heavy atom. The minimum atomic E-state index is 0.156. The molecule has 1 saturated heterocycles. The molecule has 1 aliphatic rings. The molecule has 1 atom stereocenters. The number of para-hydroxylation sites is 1. The molecule has 1 aromatic carbocycles. The highest BCUT2D eigenvalue weighted by Gasteiger charge is 2.13. The molecule has 1 unspecified atom stereocenters. The average molecular weight is 247 g/mol. The Bertz CT molecular complexity index is 469. The van der Waals surface area contributed by atoms with E-state index in [0.29, 0.717) is 26.4 Å². The standard InChI is InChI=1S/C14H17NO3/c1-2-4-14-11(3-1)7-12(18-14)8-15-9-13-10-16-5-6-17-13/h1-4,7,13,15H,5-6,8-10H2. The van der Waals surface area contributed by atoms with Gasteiger partial charge in [-0.05, 0) is 12.1 Å². The molecule has 0 aliphatic carbocycles. The molecule has 1 fully saturated rings. The average Bonchev–Trinajstić information content (AvgIpc) is 2.82. The molecule has 0 amide bonds. The minimum Gasteiger partial charge on any atom is -0.460 e. The van der Waals surface area contributed by atoms with Gasteiger partial charge in [-0.3, -0.25) is 0 Å². The number of rotatable bonds is 4. The van der Waals surface area contributed by atoms with Gasteiger partial charge in [-0.1, -0.05) is 18.2 Å². The first-order valence-corrected chi connectivity index (χ1v) is 6.29. The third-order valence-corrected chi connectivity index (χ3v) is 3.03. The second kappa shape index (κ2) is 5.52. The lowest BCUT2D eigenvalue weighted by molar-refractivity contribution is -0.0865. The summed E-state index contributed by atoms with van der Waals surface area (Å²) in [7, 11) is 0. The van der Waals surface area contributed by atoms with Crippen LogP contribution in [0.1, 0.15) is 5.76 Å². The van der Waals surface area contributed by atoms with Crippen LogP contribution in [-0.4, -0.2) is 32.5 Å². The van der Waals surface area contributed by atoms with Gasteiger partial charge in [0.05, 0.1) is 32.5 Å². The largest absolute Gasteiger partial charge is 0.460 e. The lowest BCUT2D eigenvalue weighted by atomic mass is 10.2. The van der Waals surface area contributed by atoms with Crippen LogP contribution < -0.4 is 5.32 Å². The van der Waals surface area contributed by atoms with E-state index in [0.717, 1.165) is 23.3 Å². The van der Waals surface area contributed by atoms with Gasteiger partial charge in [0, 0.05) is 11.9 Å². The van der Waals surface area contributed by atoms with Crippen LogP contribution in [0.25, 0.3) is 11.0 Å². The van der Waals surface area contributed by atoms with Crippen molar-refractivity contribution in [1.82, 2.24) is 5.32 Å². The molecule has 1 aromatic heterocycles. The van der Waals surface area contributed by atoms with Crippen LogP contribution in [-0.2, 0) is 16.0 Å². The first-order chi connectivity index (χ1) is 8.92. The molecular weight excluding hydrogens is 230 g/mol. The van der Waals surface area contributed by atoms with Crippen molar-refractivity contribution in [1.29, 1.82) is 0 Å². The molecule has 4 heteroatoms. The second-order valence-corrected chi connectivity index (χ2v) is 4.45. The predicted molar refractivity (Wildman–Crippen MR) is 68.5 cm³/mol. The fourth-order valence-corrected chi connectivity index (χ4v) is 2.13. The maximum Gasteiger partial charge on any atom is 0.134 e. The molecule has 18 heavy (non-hydrogen) atoms. The van der Waals surface area contributed by atoms with Crippen molar-refractivity contribution >= 4 is 11.0 Å². The Morgan fingerprint density at radius 3 is 3.00 bits per heavy atom. The third kappa shape index (κ3) is 2.72. The monoisotopic (exact) mass is 247 g/mol. The predicted octanol–water partition coefficient (Wildman–Crippen LogP) is 1.94. The smallest absolute Gasteiger partial charge is 0.134 e. The quantitative estimate of drug-likeness (QED) is 0.896. The van der Waals surface area contributed by atoms with Crippen LogP contribution in [0.15, 0.2) is 34.7 Å². The molecule has 0 spiro atoms. The molecule has 96 valence electrons. The summed E-state index contributed by atoms with van der Waals surface area (Å²) in [5, 5.41) is 4.48. The molecule has 0 bridgehead atoms. The van der Waals surface area contributed by atoms with Crippen molar-refractivity contribution in [2.24, 2.45) is 0 Å². The Morgan fingerprint density at radius 1 is 1.22 bits per heavy atom. The highest BCUT2D eigenvalue weighted by Crippen LogP contribution is 2.18. The minimum absolute atomic E-state index is 0.156. The van der Waals surface area contributed by atoms with Crippen molar-refractivity contribution in [3.05, 3.63) is 36.1 Å². The van der Waals surface area contributed by atoms with Crippen molar-refractivity contribution in [3.63, 3.8) is 0 Å². The number of fused-ring (bicyclic) bond motifs is 1. The van der Waals surface area contributed by atoms with Crippen molar-refractivity contribution < 1.29 is 13.9 Å². The van der Waals surface area contributed by atoms with Crippen molar-refractivity contribution in [3.8, 4) is 0 Å².